The topological polar surface area (TPSA) is 96.0 Å². The van der Waals surface area contributed by atoms with Crippen LogP contribution in [-0.2, 0) is 14.8 Å². The quantitative estimate of drug-likeness (QED) is 0.720. The average molecular weight is 432 g/mol. The number of hydrogen-bond acceptors (Lipinski definition) is 5. The molecule has 2 aromatic carbocycles. The molecule has 0 bridgehead atoms. The first-order valence-corrected chi connectivity index (χ1v) is 10.9. The lowest BCUT2D eigenvalue weighted by molar-refractivity contribution is -0.117. The predicted octanol–water partition coefficient (Wildman–Crippen LogP) is 1.73. The van der Waals surface area contributed by atoms with Crippen LogP contribution in [0, 0.1) is 5.92 Å². The van der Waals surface area contributed by atoms with Crippen molar-refractivity contribution in [3.63, 3.8) is 0 Å². The number of hydrogen-bond donors (Lipinski definition) is 1. The maximum Gasteiger partial charge on any atom is 0.251 e. The summed E-state index contributed by atoms with van der Waals surface area (Å²) in [6.45, 7) is 0.875. The minimum atomic E-state index is -3.54. The third-order valence-electron chi connectivity index (χ3n) is 5.04. The molecule has 0 saturated carbocycles. The summed E-state index contributed by atoms with van der Waals surface area (Å²) in [6, 6.07) is 13.1. The molecular weight excluding hydrogens is 406 g/mol. The highest BCUT2D eigenvalue weighted by Gasteiger charge is 2.30. The van der Waals surface area contributed by atoms with Gasteiger partial charge in [-0.05, 0) is 48.5 Å². The van der Waals surface area contributed by atoms with Crippen molar-refractivity contribution in [3.05, 3.63) is 54.1 Å². The van der Waals surface area contributed by atoms with E-state index in [1.807, 2.05) is 12.1 Å². The molecule has 1 fully saturated rings. The number of methoxy groups -OCH3 is 1. The molecule has 30 heavy (non-hydrogen) atoms. The second-order valence-corrected chi connectivity index (χ2v) is 9.45. The minimum absolute atomic E-state index is 0.00283. The Morgan fingerprint density at radius 2 is 1.77 bits per heavy atom. The van der Waals surface area contributed by atoms with Crippen LogP contribution in [0.25, 0.3) is 0 Å². The van der Waals surface area contributed by atoms with Gasteiger partial charge in [-0.15, -0.1) is 0 Å². The van der Waals surface area contributed by atoms with E-state index < -0.39 is 10.0 Å². The number of anilines is 1. The van der Waals surface area contributed by atoms with Crippen LogP contribution in [-0.4, -0.2) is 58.8 Å². The van der Waals surface area contributed by atoms with Gasteiger partial charge in [0.2, 0.25) is 15.9 Å². The van der Waals surface area contributed by atoms with E-state index in [1.165, 1.54) is 38.4 Å². The highest BCUT2D eigenvalue weighted by Crippen LogP contribution is 2.26. The zero-order valence-electron chi connectivity index (χ0n) is 17.2. The first-order chi connectivity index (χ1) is 14.2. The van der Waals surface area contributed by atoms with Crippen molar-refractivity contribution in [1.29, 1.82) is 0 Å². The smallest absolute Gasteiger partial charge is 0.251 e. The highest BCUT2D eigenvalue weighted by molar-refractivity contribution is 7.89. The summed E-state index contributed by atoms with van der Waals surface area (Å²) in [5, 5.41) is 2.83. The van der Waals surface area contributed by atoms with E-state index in [9.17, 15) is 18.0 Å². The van der Waals surface area contributed by atoms with E-state index in [4.69, 9.17) is 4.74 Å². The number of amides is 2. The molecule has 1 aliphatic heterocycles. The van der Waals surface area contributed by atoms with E-state index in [0.717, 1.165) is 15.7 Å². The van der Waals surface area contributed by atoms with E-state index in [1.54, 1.807) is 24.1 Å². The molecule has 1 saturated heterocycles. The van der Waals surface area contributed by atoms with Crippen molar-refractivity contribution in [2.75, 3.05) is 39.2 Å². The van der Waals surface area contributed by atoms with Crippen LogP contribution in [0.15, 0.2) is 53.4 Å². The van der Waals surface area contributed by atoms with Crippen molar-refractivity contribution in [3.8, 4) is 5.75 Å². The molecule has 8 nitrogen and oxygen atoms in total. The molecule has 0 radical (unpaired) electrons. The first-order valence-electron chi connectivity index (χ1n) is 9.47. The normalized spacial score (nSPS) is 16.7. The molecule has 1 heterocycles. The maximum absolute atomic E-state index is 12.4. The van der Waals surface area contributed by atoms with Gasteiger partial charge >= 0.3 is 0 Å². The number of nitrogens with zero attached hydrogens (tertiary/aromatic N) is 2. The van der Waals surface area contributed by atoms with E-state index >= 15 is 0 Å². The second kappa shape index (κ2) is 8.85. The Hall–Kier alpha value is -2.91. The Balaban J connectivity index is 1.58. The standard InChI is InChI=1S/C21H25N3O5S/c1-23(2)30(27,28)19-10-4-16(5-11-19)21(26)22-13-15-12-20(25)24(14-15)17-6-8-18(29-3)9-7-17/h4-11,15H,12-14H2,1-3H3,(H,22,26). The molecule has 1 aliphatic rings. The lowest BCUT2D eigenvalue weighted by atomic mass is 10.1. The number of carbonyl (C=O) groups excluding carboxylic acids is 2. The predicted molar refractivity (Wildman–Crippen MR) is 113 cm³/mol. The first kappa shape index (κ1) is 21.8. The average Bonchev–Trinajstić information content (AvgIpc) is 3.12. The van der Waals surface area contributed by atoms with Gasteiger partial charge in [0.1, 0.15) is 5.75 Å². The zero-order chi connectivity index (χ0) is 21.9. The van der Waals surface area contributed by atoms with Gasteiger partial charge in [-0.3, -0.25) is 9.59 Å². The zero-order valence-corrected chi connectivity index (χ0v) is 18.0. The fourth-order valence-electron chi connectivity index (χ4n) is 3.26. The summed E-state index contributed by atoms with van der Waals surface area (Å²) >= 11 is 0. The van der Waals surface area contributed by atoms with E-state index in [0.29, 0.717) is 25.1 Å². The van der Waals surface area contributed by atoms with Crippen molar-refractivity contribution >= 4 is 27.5 Å². The third-order valence-corrected chi connectivity index (χ3v) is 6.86. The second-order valence-electron chi connectivity index (χ2n) is 7.29. The van der Waals surface area contributed by atoms with Crippen LogP contribution in [0.2, 0.25) is 0 Å². The number of nitrogens with one attached hydrogen (secondary N) is 1. The molecule has 1 N–H and O–H groups in total. The van der Waals surface area contributed by atoms with Crippen molar-refractivity contribution in [2.24, 2.45) is 5.92 Å². The van der Waals surface area contributed by atoms with Crippen molar-refractivity contribution in [2.45, 2.75) is 11.3 Å². The van der Waals surface area contributed by atoms with Crippen LogP contribution in [0.1, 0.15) is 16.8 Å². The van der Waals surface area contributed by atoms with Gasteiger partial charge < -0.3 is 15.0 Å². The molecule has 2 aromatic rings. The van der Waals surface area contributed by atoms with E-state index in [2.05, 4.69) is 5.32 Å². The molecule has 160 valence electrons. The SMILES string of the molecule is COc1ccc(N2CC(CNC(=O)c3ccc(S(=O)(=O)N(C)C)cc3)CC2=O)cc1. The maximum atomic E-state index is 12.4. The van der Waals surface area contributed by atoms with Crippen LogP contribution < -0.4 is 15.0 Å². The van der Waals surface area contributed by atoms with Gasteiger partial charge in [0.15, 0.2) is 0 Å². The molecule has 1 unspecified atom stereocenters. The lowest BCUT2D eigenvalue weighted by Gasteiger charge is -2.17. The fourth-order valence-corrected chi connectivity index (χ4v) is 4.16. The molecule has 9 heteroatoms. The molecule has 0 aromatic heterocycles. The largest absolute Gasteiger partial charge is 0.497 e. The highest BCUT2D eigenvalue weighted by atomic mass is 32.2. The van der Waals surface area contributed by atoms with Gasteiger partial charge in [0, 0.05) is 50.8 Å². The van der Waals surface area contributed by atoms with E-state index in [-0.39, 0.29) is 22.6 Å². The Kier molecular flexibility index (Phi) is 6.42. The minimum Gasteiger partial charge on any atom is -0.497 e. The summed E-state index contributed by atoms with van der Waals surface area (Å²) in [6.07, 6.45) is 0.353. The number of ether oxygens (including phenoxy) is 1. The van der Waals surface area contributed by atoms with Gasteiger partial charge in [-0.1, -0.05) is 0 Å². The monoisotopic (exact) mass is 431 g/mol. The Morgan fingerprint density at radius 3 is 2.33 bits per heavy atom. The Labute approximate surface area is 176 Å². The van der Waals surface area contributed by atoms with Gasteiger partial charge in [-0.25, -0.2) is 12.7 Å². The number of rotatable bonds is 7. The Bertz CT molecular complexity index is 1020. The molecule has 1 atom stereocenters. The summed E-state index contributed by atoms with van der Waals surface area (Å²) in [4.78, 5) is 26.6. The van der Waals surface area contributed by atoms with Gasteiger partial charge in [0.05, 0.1) is 12.0 Å². The van der Waals surface area contributed by atoms with Crippen LogP contribution in [0.3, 0.4) is 0 Å². The summed E-state index contributed by atoms with van der Waals surface area (Å²) in [5.41, 5.74) is 1.16. The molecule has 0 spiro atoms. The summed E-state index contributed by atoms with van der Waals surface area (Å²) < 4.78 is 30.5. The number of sulfonamides is 1. The van der Waals surface area contributed by atoms with Crippen molar-refractivity contribution in [1.82, 2.24) is 9.62 Å². The lowest BCUT2D eigenvalue weighted by Crippen LogP contribution is -2.31. The molecule has 2 amide bonds. The van der Waals surface area contributed by atoms with Crippen molar-refractivity contribution < 1.29 is 22.7 Å². The number of carbonyl (C=O) groups is 2. The third kappa shape index (κ3) is 4.63. The Morgan fingerprint density at radius 1 is 1.13 bits per heavy atom. The fraction of sp³-hybridized carbons (Fsp3) is 0.333. The molecule has 3 rings (SSSR count). The van der Waals surface area contributed by atoms with Gasteiger partial charge in [-0.2, -0.15) is 0 Å². The molecule has 0 aliphatic carbocycles. The summed E-state index contributed by atoms with van der Waals surface area (Å²) in [5.74, 6) is 0.423. The molecular formula is C21H25N3O5S. The van der Waals surface area contributed by atoms with Gasteiger partial charge in [0.25, 0.3) is 5.91 Å². The van der Waals surface area contributed by atoms with Crippen LogP contribution in [0.5, 0.6) is 5.75 Å². The van der Waals surface area contributed by atoms with Crippen LogP contribution >= 0.6 is 0 Å². The van der Waals surface area contributed by atoms with Crippen LogP contribution in [0.4, 0.5) is 5.69 Å². The summed E-state index contributed by atoms with van der Waals surface area (Å²) in [7, 11) is 0.955. The number of benzene rings is 2.